The minimum Gasteiger partial charge on any atom is -0.370 e. The minimum absolute atomic E-state index is 0.119. The van der Waals surface area contributed by atoms with Crippen LogP contribution < -0.4 is 15.8 Å². The number of aromatic nitrogens is 1. The van der Waals surface area contributed by atoms with E-state index in [9.17, 15) is 8.42 Å². The Morgan fingerprint density at radius 1 is 1.39 bits per heavy atom. The van der Waals surface area contributed by atoms with Crippen molar-refractivity contribution in [2.24, 2.45) is 5.73 Å². The van der Waals surface area contributed by atoms with Gasteiger partial charge in [-0.15, -0.1) is 0 Å². The molecule has 124 valence electrons. The van der Waals surface area contributed by atoms with Crippen molar-refractivity contribution in [3.05, 3.63) is 35.6 Å². The number of fused-ring (bicyclic) bond motifs is 1. The summed E-state index contributed by atoms with van der Waals surface area (Å²) in [6, 6.07) is 6.20. The van der Waals surface area contributed by atoms with Gasteiger partial charge in [0.25, 0.3) is 0 Å². The summed E-state index contributed by atoms with van der Waals surface area (Å²) in [5.41, 5.74) is 5.28. The number of hydrogen-bond donors (Lipinski definition) is 4. The van der Waals surface area contributed by atoms with Crippen molar-refractivity contribution in [3.63, 3.8) is 0 Å². The molecule has 0 bridgehead atoms. The standard InChI is InChI=1S/C14H18ClN5O2S/c1-2-9(20-14(16)17)8-19-23(21,22)12-5-3-4-11-10(12)6-7-18-13(11)15/h3-7,9,19H,2,8H2,1H3,(H4,16,17,20). The third-order valence-electron chi connectivity index (χ3n) is 3.38. The summed E-state index contributed by atoms with van der Waals surface area (Å²) in [5.74, 6) is -0.195. The molecule has 1 heterocycles. The molecule has 2 rings (SSSR count). The highest BCUT2D eigenvalue weighted by Gasteiger charge is 2.19. The monoisotopic (exact) mass is 355 g/mol. The van der Waals surface area contributed by atoms with Crippen LogP contribution in [0.4, 0.5) is 0 Å². The Bertz CT molecular complexity index is 825. The van der Waals surface area contributed by atoms with Gasteiger partial charge >= 0.3 is 0 Å². The predicted octanol–water partition coefficient (Wildman–Crippen LogP) is 1.43. The number of benzene rings is 1. The zero-order valence-electron chi connectivity index (χ0n) is 12.5. The van der Waals surface area contributed by atoms with Gasteiger partial charge in [0.1, 0.15) is 5.15 Å². The summed E-state index contributed by atoms with van der Waals surface area (Å²) in [6.07, 6.45) is 2.09. The van der Waals surface area contributed by atoms with Gasteiger partial charge in [-0.2, -0.15) is 0 Å². The largest absolute Gasteiger partial charge is 0.370 e. The van der Waals surface area contributed by atoms with Crippen LogP contribution in [0.3, 0.4) is 0 Å². The minimum atomic E-state index is -3.73. The molecule has 2 aromatic rings. The predicted molar refractivity (Wildman–Crippen MR) is 91.1 cm³/mol. The van der Waals surface area contributed by atoms with Gasteiger partial charge in [-0.05, 0) is 18.6 Å². The number of hydrogen-bond acceptors (Lipinski definition) is 4. The number of nitrogens with zero attached hydrogens (tertiary/aromatic N) is 1. The number of rotatable bonds is 6. The molecule has 0 aliphatic carbocycles. The first-order valence-corrected chi connectivity index (χ1v) is 8.84. The lowest BCUT2D eigenvalue weighted by Gasteiger charge is -2.18. The zero-order valence-corrected chi connectivity index (χ0v) is 14.1. The molecule has 1 unspecified atom stereocenters. The lowest BCUT2D eigenvalue weighted by atomic mass is 10.2. The molecule has 1 aromatic carbocycles. The van der Waals surface area contributed by atoms with E-state index in [0.29, 0.717) is 17.2 Å². The average molecular weight is 356 g/mol. The summed E-state index contributed by atoms with van der Waals surface area (Å²) in [5, 5.41) is 11.3. The van der Waals surface area contributed by atoms with Gasteiger partial charge in [0.2, 0.25) is 10.0 Å². The lowest BCUT2D eigenvalue weighted by molar-refractivity contribution is 0.543. The third-order valence-corrected chi connectivity index (χ3v) is 5.16. The van der Waals surface area contributed by atoms with Crippen LogP contribution in [-0.4, -0.2) is 31.9 Å². The molecule has 0 amide bonds. The fourth-order valence-corrected chi connectivity index (χ4v) is 3.70. The van der Waals surface area contributed by atoms with Crippen molar-refractivity contribution in [2.45, 2.75) is 24.3 Å². The topological polar surface area (TPSA) is 121 Å². The summed E-state index contributed by atoms with van der Waals surface area (Å²) in [4.78, 5) is 4.09. The van der Waals surface area contributed by atoms with Crippen LogP contribution in [-0.2, 0) is 10.0 Å². The van der Waals surface area contributed by atoms with E-state index in [0.717, 1.165) is 0 Å². The molecule has 23 heavy (non-hydrogen) atoms. The van der Waals surface area contributed by atoms with Crippen molar-refractivity contribution < 1.29 is 8.42 Å². The zero-order chi connectivity index (χ0) is 17.0. The fraction of sp³-hybridized carbons (Fsp3) is 0.286. The summed E-state index contributed by atoms with van der Waals surface area (Å²) < 4.78 is 27.7. The molecule has 0 fully saturated rings. The van der Waals surface area contributed by atoms with E-state index in [4.69, 9.17) is 22.7 Å². The second kappa shape index (κ2) is 7.12. The molecule has 1 atom stereocenters. The maximum absolute atomic E-state index is 12.6. The van der Waals surface area contributed by atoms with E-state index in [-0.39, 0.29) is 28.6 Å². The number of guanidine groups is 1. The Morgan fingerprint density at radius 3 is 2.78 bits per heavy atom. The highest BCUT2D eigenvalue weighted by Crippen LogP contribution is 2.26. The van der Waals surface area contributed by atoms with Gasteiger partial charge in [-0.3, -0.25) is 5.41 Å². The molecule has 9 heteroatoms. The number of pyridine rings is 1. The number of halogens is 1. The molecule has 0 saturated heterocycles. The third kappa shape index (κ3) is 4.10. The Hall–Kier alpha value is -1.90. The first-order valence-electron chi connectivity index (χ1n) is 6.98. The highest BCUT2D eigenvalue weighted by atomic mass is 35.5. The number of sulfonamides is 1. The second-order valence-corrected chi connectivity index (χ2v) is 7.06. The Labute approximate surface area is 139 Å². The van der Waals surface area contributed by atoms with E-state index in [1.54, 1.807) is 18.2 Å². The Kier molecular flexibility index (Phi) is 5.40. The van der Waals surface area contributed by atoms with Crippen molar-refractivity contribution >= 4 is 38.4 Å². The summed E-state index contributed by atoms with van der Waals surface area (Å²) >= 11 is 6.01. The summed E-state index contributed by atoms with van der Waals surface area (Å²) in [7, 11) is -3.73. The molecule has 0 radical (unpaired) electrons. The Morgan fingerprint density at radius 2 is 2.13 bits per heavy atom. The smallest absolute Gasteiger partial charge is 0.241 e. The molecule has 1 aromatic heterocycles. The van der Waals surface area contributed by atoms with Gasteiger partial charge in [0.05, 0.1) is 4.90 Å². The fourth-order valence-electron chi connectivity index (χ4n) is 2.18. The molecule has 0 saturated carbocycles. The van der Waals surface area contributed by atoms with E-state index in [2.05, 4.69) is 15.0 Å². The van der Waals surface area contributed by atoms with Crippen LogP contribution in [0.25, 0.3) is 10.8 Å². The molecule has 7 nitrogen and oxygen atoms in total. The van der Waals surface area contributed by atoms with Crippen molar-refractivity contribution in [2.75, 3.05) is 6.54 Å². The molecular weight excluding hydrogens is 338 g/mol. The van der Waals surface area contributed by atoms with Gasteiger partial charge in [0, 0.05) is 29.6 Å². The van der Waals surface area contributed by atoms with Crippen LogP contribution in [0.5, 0.6) is 0 Å². The van der Waals surface area contributed by atoms with Crippen molar-refractivity contribution in [1.29, 1.82) is 5.41 Å². The van der Waals surface area contributed by atoms with E-state index in [1.165, 1.54) is 12.3 Å². The molecule has 0 aliphatic rings. The van der Waals surface area contributed by atoms with Crippen LogP contribution in [0.15, 0.2) is 35.4 Å². The molecule has 5 N–H and O–H groups in total. The number of nitrogens with two attached hydrogens (primary N) is 1. The van der Waals surface area contributed by atoms with Crippen molar-refractivity contribution in [1.82, 2.24) is 15.0 Å². The van der Waals surface area contributed by atoms with Gasteiger partial charge in [-0.1, -0.05) is 30.7 Å². The molecular formula is C14H18ClN5O2S. The SMILES string of the molecule is CCC(CNS(=O)(=O)c1cccc2c(Cl)nccc12)NC(=N)N. The Balaban J connectivity index is 2.30. The van der Waals surface area contributed by atoms with E-state index in [1.807, 2.05) is 6.92 Å². The van der Waals surface area contributed by atoms with Crippen LogP contribution in [0, 0.1) is 5.41 Å². The molecule has 0 spiro atoms. The van der Waals surface area contributed by atoms with Crippen LogP contribution >= 0.6 is 11.6 Å². The first-order chi connectivity index (χ1) is 10.8. The maximum Gasteiger partial charge on any atom is 0.241 e. The first kappa shape index (κ1) is 17.5. The van der Waals surface area contributed by atoms with Gasteiger partial charge in [0.15, 0.2) is 5.96 Å². The van der Waals surface area contributed by atoms with Gasteiger partial charge < -0.3 is 11.1 Å². The van der Waals surface area contributed by atoms with Crippen LogP contribution in [0.2, 0.25) is 5.15 Å². The number of nitrogens with one attached hydrogen (secondary N) is 3. The van der Waals surface area contributed by atoms with Crippen molar-refractivity contribution in [3.8, 4) is 0 Å². The normalized spacial score (nSPS) is 13.0. The summed E-state index contributed by atoms with van der Waals surface area (Å²) in [6.45, 7) is 1.99. The highest BCUT2D eigenvalue weighted by molar-refractivity contribution is 7.89. The quantitative estimate of drug-likeness (QED) is 0.355. The second-order valence-electron chi connectivity index (χ2n) is 4.97. The lowest BCUT2D eigenvalue weighted by Crippen LogP contribution is -2.45. The van der Waals surface area contributed by atoms with Gasteiger partial charge in [-0.25, -0.2) is 18.1 Å². The molecule has 0 aliphatic heterocycles. The average Bonchev–Trinajstić information content (AvgIpc) is 2.51. The van der Waals surface area contributed by atoms with E-state index >= 15 is 0 Å². The van der Waals surface area contributed by atoms with E-state index < -0.39 is 10.0 Å². The maximum atomic E-state index is 12.6. The van der Waals surface area contributed by atoms with Crippen LogP contribution in [0.1, 0.15) is 13.3 Å².